The Hall–Kier alpha value is -2.04. The molecular weight excluding hydrogens is 393 g/mol. The van der Waals surface area contributed by atoms with Gasteiger partial charge in [0.2, 0.25) is 5.91 Å². The molecule has 1 spiro atoms. The highest BCUT2D eigenvalue weighted by Crippen LogP contribution is 2.40. The maximum atomic E-state index is 12.8. The number of carbonyl (C=O) groups is 3. The molecule has 2 N–H and O–H groups in total. The van der Waals surface area contributed by atoms with Crippen LogP contribution in [0.5, 0.6) is 0 Å². The molecule has 0 aromatic rings. The van der Waals surface area contributed by atoms with Crippen molar-refractivity contribution in [2.45, 2.75) is 45.3 Å². The minimum atomic E-state index is -5.08. The molecule has 29 heavy (non-hydrogen) atoms. The van der Waals surface area contributed by atoms with Crippen LogP contribution in [0.1, 0.15) is 33.1 Å². The second kappa shape index (κ2) is 10.1. The van der Waals surface area contributed by atoms with E-state index in [9.17, 15) is 22.8 Å². The van der Waals surface area contributed by atoms with Crippen LogP contribution < -0.4 is 5.32 Å². The van der Waals surface area contributed by atoms with E-state index in [1.807, 2.05) is 37.7 Å². The Morgan fingerprint density at radius 1 is 1.24 bits per heavy atom. The Morgan fingerprint density at radius 3 is 2.31 bits per heavy atom. The number of nitrogens with zero attached hydrogens (tertiary/aromatic N) is 3. The SMILES string of the molecule is CC(C)NC(=O)N1CCCC2(CCN(CCN(C)C)C2=O)C1.O=C(O)C(F)(F)F. The van der Waals surface area contributed by atoms with Gasteiger partial charge < -0.3 is 25.1 Å². The summed E-state index contributed by atoms with van der Waals surface area (Å²) in [7, 11) is 4.05. The molecule has 1 atom stereocenters. The molecule has 3 amide bonds. The average Bonchev–Trinajstić information content (AvgIpc) is 2.88. The van der Waals surface area contributed by atoms with Gasteiger partial charge >= 0.3 is 18.2 Å². The molecule has 11 heteroatoms. The number of carbonyl (C=O) groups excluding carboxylic acids is 2. The van der Waals surface area contributed by atoms with E-state index in [1.165, 1.54) is 0 Å². The molecule has 2 aliphatic heterocycles. The third kappa shape index (κ3) is 7.37. The lowest BCUT2D eigenvalue weighted by Crippen LogP contribution is -2.53. The van der Waals surface area contributed by atoms with Crippen molar-refractivity contribution in [2.24, 2.45) is 5.41 Å². The van der Waals surface area contributed by atoms with E-state index in [4.69, 9.17) is 9.90 Å². The molecule has 2 rings (SSSR count). The average molecular weight is 424 g/mol. The molecule has 0 radical (unpaired) electrons. The summed E-state index contributed by atoms with van der Waals surface area (Å²) in [6.45, 7) is 7.74. The number of amides is 3. The number of hydrogen-bond donors (Lipinski definition) is 2. The van der Waals surface area contributed by atoms with Gasteiger partial charge in [0.25, 0.3) is 0 Å². The topological polar surface area (TPSA) is 93.2 Å². The minimum absolute atomic E-state index is 0.0337. The molecule has 2 heterocycles. The van der Waals surface area contributed by atoms with Crippen LogP contribution in [0.15, 0.2) is 0 Å². The van der Waals surface area contributed by atoms with Crippen molar-refractivity contribution in [3.05, 3.63) is 0 Å². The fourth-order valence-electron chi connectivity index (χ4n) is 3.45. The van der Waals surface area contributed by atoms with E-state index in [0.29, 0.717) is 6.54 Å². The molecule has 0 aliphatic carbocycles. The molecule has 0 aromatic heterocycles. The molecule has 0 aromatic carbocycles. The van der Waals surface area contributed by atoms with Gasteiger partial charge in [-0.1, -0.05) is 0 Å². The number of aliphatic carboxylic acids is 1. The Morgan fingerprint density at radius 2 is 1.83 bits per heavy atom. The van der Waals surface area contributed by atoms with E-state index >= 15 is 0 Å². The lowest BCUT2D eigenvalue weighted by Gasteiger charge is -2.39. The predicted molar refractivity (Wildman–Crippen MR) is 100 cm³/mol. The standard InChI is InChI=1S/C16H30N4O2.C2HF3O2/c1-13(2)17-15(22)20-8-5-6-16(12-20)7-9-19(14(16)21)11-10-18(3)4;3-2(4,5)1(6)7/h13H,5-12H2,1-4H3,(H,17,22);(H,6,7). The number of carboxylic acid groups (broad SMARTS) is 1. The van der Waals surface area contributed by atoms with E-state index in [1.54, 1.807) is 0 Å². The Balaban J connectivity index is 0.000000516. The Kier molecular flexibility index (Phi) is 8.73. The number of likely N-dealkylation sites (N-methyl/N-ethyl adjacent to an activating group) is 1. The zero-order chi connectivity index (χ0) is 22.4. The van der Waals surface area contributed by atoms with Crippen molar-refractivity contribution in [3.63, 3.8) is 0 Å². The second-order valence-electron chi connectivity index (χ2n) is 8.06. The van der Waals surface area contributed by atoms with Crippen molar-refractivity contribution < 1.29 is 32.7 Å². The number of carboxylic acids is 1. The maximum Gasteiger partial charge on any atom is 0.490 e. The molecule has 2 fully saturated rings. The van der Waals surface area contributed by atoms with Crippen LogP contribution in [0.4, 0.5) is 18.0 Å². The first-order valence-electron chi connectivity index (χ1n) is 9.58. The third-order valence-corrected chi connectivity index (χ3v) is 4.94. The summed E-state index contributed by atoms with van der Waals surface area (Å²) in [6, 6.07) is 0.0925. The highest BCUT2D eigenvalue weighted by Gasteiger charge is 2.49. The van der Waals surface area contributed by atoms with Gasteiger partial charge in [0.05, 0.1) is 5.41 Å². The van der Waals surface area contributed by atoms with Crippen LogP contribution in [0, 0.1) is 5.41 Å². The van der Waals surface area contributed by atoms with Gasteiger partial charge in [-0.05, 0) is 47.2 Å². The summed E-state index contributed by atoms with van der Waals surface area (Å²) in [4.78, 5) is 39.9. The zero-order valence-electron chi connectivity index (χ0n) is 17.4. The summed E-state index contributed by atoms with van der Waals surface area (Å²) in [6.07, 6.45) is -2.38. The molecule has 2 aliphatic rings. The van der Waals surface area contributed by atoms with E-state index in [2.05, 4.69) is 10.2 Å². The number of urea groups is 1. The van der Waals surface area contributed by atoms with Crippen molar-refractivity contribution in [3.8, 4) is 0 Å². The maximum absolute atomic E-state index is 12.8. The van der Waals surface area contributed by atoms with E-state index in [0.717, 1.165) is 45.4 Å². The van der Waals surface area contributed by atoms with Gasteiger partial charge in [-0.3, -0.25) is 4.79 Å². The predicted octanol–water partition coefficient (Wildman–Crippen LogP) is 1.61. The van der Waals surface area contributed by atoms with E-state index < -0.39 is 12.1 Å². The number of rotatable bonds is 4. The van der Waals surface area contributed by atoms with Crippen LogP contribution in [0.25, 0.3) is 0 Å². The molecule has 168 valence electrons. The molecule has 1 unspecified atom stereocenters. The van der Waals surface area contributed by atoms with Crippen molar-refractivity contribution in [1.29, 1.82) is 0 Å². The van der Waals surface area contributed by atoms with E-state index in [-0.39, 0.29) is 23.4 Å². The second-order valence-corrected chi connectivity index (χ2v) is 8.06. The van der Waals surface area contributed by atoms with Gasteiger partial charge in [0.1, 0.15) is 0 Å². The molecular formula is C18H31F3N4O4. The van der Waals surface area contributed by atoms with Crippen LogP contribution in [0.2, 0.25) is 0 Å². The smallest absolute Gasteiger partial charge is 0.475 e. The first-order valence-corrected chi connectivity index (χ1v) is 9.58. The Bertz CT molecular complexity index is 598. The van der Waals surface area contributed by atoms with Crippen LogP contribution in [-0.4, -0.2) is 96.8 Å². The molecule has 0 bridgehead atoms. The monoisotopic (exact) mass is 424 g/mol. The third-order valence-electron chi connectivity index (χ3n) is 4.94. The first-order chi connectivity index (χ1) is 13.3. The number of nitrogens with one attached hydrogen (secondary N) is 1. The summed E-state index contributed by atoms with van der Waals surface area (Å²) in [5.41, 5.74) is -0.334. The molecule has 8 nitrogen and oxygen atoms in total. The van der Waals surface area contributed by atoms with Gasteiger partial charge in [0.15, 0.2) is 0 Å². The van der Waals surface area contributed by atoms with Crippen LogP contribution in [0.3, 0.4) is 0 Å². The largest absolute Gasteiger partial charge is 0.490 e. The normalized spacial score (nSPS) is 22.2. The Labute approximate surface area is 169 Å². The van der Waals surface area contributed by atoms with Crippen LogP contribution >= 0.6 is 0 Å². The first kappa shape index (κ1) is 25.0. The lowest BCUT2D eigenvalue weighted by molar-refractivity contribution is -0.192. The highest BCUT2D eigenvalue weighted by molar-refractivity contribution is 5.86. The summed E-state index contributed by atoms with van der Waals surface area (Å²) in [5, 5.41) is 10.1. The zero-order valence-corrected chi connectivity index (χ0v) is 17.4. The number of halogens is 3. The van der Waals surface area contributed by atoms with Gasteiger partial charge in [-0.15, -0.1) is 0 Å². The summed E-state index contributed by atoms with van der Waals surface area (Å²) >= 11 is 0. The summed E-state index contributed by atoms with van der Waals surface area (Å²) < 4.78 is 31.7. The lowest BCUT2D eigenvalue weighted by atomic mass is 9.78. The minimum Gasteiger partial charge on any atom is -0.475 e. The highest BCUT2D eigenvalue weighted by atomic mass is 19.4. The summed E-state index contributed by atoms with van der Waals surface area (Å²) in [5.74, 6) is -2.51. The fourth-order valence-corrected chi connectivity index (χ4v) is 3.45. The van der Waals surface area contributed by atoms with Crippen molar-refractivity contribution in [2.75, 3.05) is 46.8 Å². The van der Waals surface area contributed by atoms with Gasteiger partial charge in [-0.2, -0.15) is 13.2 Å². The number of likely N-dealkylation sites (tertiary alicyclic amines) is 2. The van der Waals surface area contributed by atoms with Crippen molar-refractivity contribution in [1.82, 2.24) is 20.0 Å². The number of alkyl halides is 3. The number of hydrogen-bond acceptors (Lipinski definition) is 4. The molecule has 2 saturated heterocycles. The van der Waals surface area contributed by atoms with Gasteiger partial charge in [-0.25, -0.2) is 9.59 Å². The van der Waals surface area contributed by atoms with Crippen LogP contribution in [-0.2, 0) is 9.59 Å². The van der Waals surface area contributed by atoms with Crippen molar-refractivity contribution >= 4 is 17.9 Å². The number of piperidine rings is 1. The fraction of sp³-hybridized carbons (Fsp3) is 0.833. The molecule has 0 saturated carbocycles. The quantitative estimate of drug-likeness (QED) is 0.715. The van der Waals surface area contributed by atoms with Gasteiger partial charge in [0, 0.05) is 38.8 Å².